The second-order valence-corrected chi connectivity index (χ2v) is 6.40. The molecular weight excluding hydrogens is 310 g/mol. The maximum Gasteiger partial charge on any atom is 0.253 e. The summed E-state index contributed by atoms with van der Waals surface area (Å²) in [5, 5.41) is 2.99. The van der Waals surface area contributed by atoms with E-state index < -0.39 is 5.54 Å². The molecule has 126 valence electrons. The van der Waals surface area contributed by atoms with E-state index in [-0.39, 0.29) is 18.3 Å². The Morgan fingerprint density at radius 1 is 1.22 bits per heavy atom. The van der Waals surface area contributed by atoms with E-state index in [9.17, 15) is 4.79 Å². The predicted octanol–water partition coefficient (Wildman–Crippen LogP) is 3.04. The summed E-state index contributed by atoms with van der Waals surface area (Å²) in [6, 6.07) is 12.2. The minimum absolute atomic E-state index is 0. The van der Waals surface area contributed by atoms with Crippen molar-refractivity contribution in [2.75, 3.05) is 6.54 Å². The molecule has 0 aliphatic heterocycles. The number of amides is 1. The third-order valence-corrected chi connectivity index (χ3v) is 3.96. The minimum atomic E-state index is -0.404. The molecule has 0 bridgehead atoms. The minimum Gasteiger partial charge on any atom is -0.346 e. The smallest absolute Gasteiger partial charge is 0.253 e. The number of hydrogen-bond donors (Lipinski definition) is 2. The molecule has 0 unspecified atom stereocenters. The molecule has 0 atom stereocenters. The number of halogens is 1. The van der Waals surface area contributed by atoms with E-state index in [0.29, 0.717) is 6.54 Å². The molecule has 0 spiro atoms. The van der Waals surface area contributed by atoms with Crippen molar-refractivity contribution in [1.29, 1.82) is 0 Å². The molecule has 0 aliphatic carbocycles. The normalized spacial score (nSPS) is 11.0. The monoisotopic (exact) mass is 335 g/mol. The molecule has 0 saturated carbocycles. The highest BCUT2D eigenvalue weighted by Gasteiger charge is 2.22. The Bertz CT molecular complexity index is 662. The first-order valence-corrected chi connectivity index (χ1v) is 7.57. The summed E-state index contributed by atoms with van der Waals surface area (Å²) < 4.78 is 2.17. The van der Waals surface area contributed by atoms with Gasteiger partial charge in [0.2, 0.25) is 0 Å². The molecule has 0 saturated heterocycles. The third kappa shape index (κ3) is 4.60. The molecule has 0 aliphatic rings. The van der Waals surface area contributed by atoms with Crippen LogP contribution in [0.25, 0.3) is 0 Å². The molecule has 23 heavy (non-hydrogen) atoms. The summed E-state index contributed by atoms with van der Waals surface area (Å²) >= 11 is 0. The number of aromatic nitrogens is 1. The predicted molar refractivity (Wildman–Crippen MR) is 97.3 cm³/mol. The first-order valence-electron chi connectivity index (χ1n) is 7.57. The molecule has 5 heteroatoms. The van der Waals surface area contributed by atoms with E-state index in [1.165, 1.54) is 5.56 Å². The molecule has 1 aromatic heterocycles. The van der Waals surface area contributed by atoms with Crippen molar-refractivity contribution in [3.63, 3.8) is 0 Å². The Kier molecular flexibility index (Phi) is 6.42. The van der Waals surface area contributed by atoms with Crippen molar-refractivity contribution < 1.29 is 4.79 Å². The average Bonchev–Trinajstić information content (AvgIpc) is 2.76. The van der Waals surface area contributed by atoms with E-state index in [1.807, 2.05) is 52.0 Å². The lowest BCUT2D eigenvalue weighted by Gasteiger charge is -2.24. The van der Waals surface area contributed by atoms with E-state index >= 15 is 0 Å². The first kappa shape index (κ1) is 19.3. The van der Waals surface area contributed by atoms with Gasteiger partial charge in [0.1, 0.15) is 0 Å². The second-order valence-electron chi connectivity index (χ2n) is 6.40. The molecule has 0 fully saturated rings. The molecule has 2 rings (SSSR count). The Labute approximate surface area is 144 Å². The average molecular weight is 336 g/mol. The lowest BCUT2D eigenvalue weighted by atomic mass is 10.1. The number of rotatable bonds is 5. The van der Waals surface area contributed by atoms with Crippen LogP contribution >= 0.6 is 12.4 Å². The molecule has 0 radical (unpaired) electrons. The zero-order valence-corrected chi connectivity index (χ0v) is 15.0. The molecule has 3 N–H and O–H groups in total. The summed E-state index contributed by atoms with van der Waals surface area (Å²) in [5.41, 5.74) is 9.28. The fourth-order valence-corrected chi connectivity index (χ4v) is 2.47. The van der Waals surface area contributed by atoms with Crippen molar-refractivity contribution in [2.24, 2.45) is 5.73 Å². The van der Waals surface area contributed by atoms with Crippen LogP contribution in [0.3, 0.4) is 0 Å². The first-order chi connectivity index (χ1) is 10.3. The number of carbonyl (C=O) groups excluding carboxylic acids is 1. The molecule has 1 heterocycles. The van der Waals surface area contributed by atoms with E-state index in [4.69, 9.17) is 5.73 Å². The van der Waals surface area contributed by atoms with Crippen LogP contribution in [0.15, 0.2) is 36.4 Å². The number of aryl methyl sites for hydroxylation is 1. The van der Waals surface area contributed by atoms with Crippen molar-refractivity contribution in [2.45, 2.75) is 39.8 Å². The summed E-state index contributed by atoms with van der Waals surface area (Å²) in [5.74, 6) is -0.0668. The number of hydrogen-bond acceptors (Lipinski definition) is 2. The summed E-state index contributed by atoms with van der Waals surface area (Å²) in [4.78, 5) is 12.5. The zero-order chi connectivity index (χ0) is 16.3. The third-order valence-electron chi connectivity index (χ3n) is 3.96. The van der Waals surface area contributed by atoms with Crippen LogP contribution < -0.4 is 11.1 Å². The van der Waals surface area contributed by atoms with Gasteiger partial charge in [-0.05, 0) is 39.3 Å². The zero-order valence-electron chi connectivity index (χ0n) is 14.2. The SMILES string of the molecule is Cc1cc(C(=O)NC(C)(C)CN)c(C)n1Cc1ccccc1.Cl. The summed E-state index contributed by atoms with van der Waals surface area (Å²) in [6.45, 7) is 9.04. The van der Waals surface area contributed by atoms with Gasteiger partial charge in [-0.15, -0.1) is 12.4 Å². The van der Waals surface area contributed by atoms with E-state index in [2.05, 4.69) is 22.0 Å². The maximum atomic E-state index is 12.5. The van der Waals surface area contributed by atoms with Gasteiger partial charge in [0.25, 0.3) is 5.91 Å². The standard InChI is InChI=1S/C18H25N3O.ClH/c1-13-10-16(17(22)20-18(3,4)12-19)14(2)21(13)11-15-8-6-5-7-9-15;/h5-10H,11-12,19H2,1-4H3,(H,20,22);1H. The highest BCUT2D eigenvalue weighted by atomic mass is 35.5. The Balaban J connectivity index is 0.00000264. The largest absolute Gasteiger partial charge is 0.346 e. The lowest BCUT2D eigenvalue weighted by Crippen LogP contribution is -2.48. The topological polar surface area (TPSA) is 60.1 Å². The molecule has 1 aromatic carbocycles. The second kappa shape index (κ2) is 7.66. The van der Waals surface area contributed by atoms with Gasteiger partial charge in [-0.3, -0.25) is 4.79 Å². The van der Waals surface area contributed by atoms with Gasteiger partial charge in [0.15, 0.2) is 0 Å². The van der Waals surface area contributed by atoms with Crippen LogP contribution in [0.2, 0.25) is 0 Å². The van der Waals surface area contributed by atoms with Crippen LogP contribution in [0.4, 0.5) is 0 Å². The van der Waals surface area contributed by atoms with Gasteiger partial charge in [0, 0.05) is 30.0 Å². The van der Waals surface area contributed by atoms with Gasteiger partial charge >= 0.3 is 0 Å². The van der Waals surface area contributed by atoms with Crippen LogP contribution in [0, 0.1) is 13.8 Å². The fourth-order valence-electron chi connectivity index (χ4n) is 2.47. The van der Waals surface area contributed by atoms with Crippen LogP contribution in [0.5, 0.6) is 0 Å². The highest BCUT2D eigenvalue weighted by molar-refractivity contribution is 5.96. The molecule has 1 amide bonds. The lowest BCUT2D eigenvalue weighted by molar-refractivity contribution is 0.0915. The Morgan fingerprint density at radius 2 is 1.83 bits per heavy atom. The van der Waals surface area contributed by atoms with Crippen molar-refractivity contribution >= 4 is 18.3 Å². The fraction of sp³-hybridized carbons (Fsp3) is 0.389. The van der Waals surface area contributed by atoms with Crippen LogP contribution in [0.1, 0.15) is 41.2 Å². The van der Waals surface area contributed by atoms with Gasteiger partial charge in [-0.1, -0.05) is 30.3 Å². The van der Waals surface area contributed by atoms with Crippen LogP contribution in [-0.2, 0) is 6.54 Å². The van der Waals surface area contributed by atoms with E-state index in [0.717, 1.165) is 23.5 Å². The van der Waals surface area contributed by atoms with Crippen LogP contribution in [-0.4, -0.2) is 22.6 Å². The number of benzene rings is 1. The number of nitrogens with two attached hydrogens (primary N) is 1. The Hall–Kier alpha value is -1.78. The van der Waals surface area contributed by atoms with Gasteiger partial charge < -0.3 is 15.6 Å². The Morgan fingerprint density at radius 3 is 2.39 bits per heavy atom. The van der Waals surface area contributed by atoms with Gasteiger partial charge in [-0.2, -0.15) is 0 Å². The van der Waals surface area contributed by atoms with Crippen molar-refractivity contribution in [1.82, 2.24) is 9.88 Å². The molecule has 4 nitrogen and oxygen atoms in total. The summed E-state index contributed by atoms with van der Waals surface area (Å²) in [6.07, 6.45) is 0. The summed E-state index contributed by atoms with van der Waals surface area (Å²) in [7, 11) is 0. The molecular formula is C18H26ClN3O. The van der Waals surface area contributed by atoms with Gasteiger partial charge in [0.05, 0.1) is 5.56 Å². The molecule has 2 aromatic rings. The van der Waals surface area contributed by atoms with E-state index in [1.54, 1.807) is 0 Å². The van der Waals surface area contributed by atoms with Crippen molar-refractivity contribution in [3.05, 3.63) is 58.9 Å². The number of nitrogens with one attached hydrogen (secondary N) is 1. The quantitative estimate of drug-likeness (QED) is 0.882. The maximum absolute atomic E-state index is 12.5. The van der Waals surface area contributed by atoms with Gasteiger partial charge in [-0.25, -0.2) is 0 Å². The van der Waals surface area contributed by atoms with Crippen molar-refractivity contribution in [3.8, 4) is 0 Å². The number of carbonyl (C=O) groups is 1. The highest BCUT2D eigenvalue weighted by Crippen LogP contribution is 2.18. The number of nitrogens with zero attached hydrogens (tertiary/aromatic N) is 1.